The van der Waals surface area contributed by atoms with E-state index in [0.717, 1.165) is 5.56 Å². The van der Waals surface area contributed by atoms with Gasteiger partial charge in [-0.2, -0.15) is 0 Å². The summed E-state index contributed by atoms with van der Waals surface area (Å²) in [5, 5.41) is 7.54. The molecule has 0 saturated heterocycles. The van der Waals surface area contributed by atoms with Gasteiger partial charge >= 0.3 is 0 Å². The standard InChI is InChI=1S/C17H25FN2S/c1-12(2)16(13-8-10-14(18)11-9-13)20-17(21)19-15-6-4-3-5-7-15/h8-12,15-16H,3-7H2,1-2H3,(H2,19,20,21)/t16-/m1/s1. The minimum atomic E-state index is -0.204. The Labute approximate surface area is 132 Å². The first-order valence-electron chi connectivity index (χ1n) is 7.89. The van der Waals surface area contributed by atoms with Crippen LogP contribution < -0.4 is 10.6 Å². The quantitative estimate of drug-likeness (QED) is 0.810. The summed E-state index contributed by atoms with van der Waals surface area (Å²) in [5.74, 6) is 0.172. The minimum Gasteiger partial charge on any atom is -0.360 e. The number of hydrogen-bond donors (Lipinski definition) is 2. The molecule has 1 aromatic rings. The fourth-order valence-electron chi connectivity index (χ4n) is 2.92. The predicted octanol–water partition coefficient (Wildman–Crippen LogP) is 4.32. The molecule has 1 aliphatic carbocycles. The van der Waals surface area contributed by atoms with Crippen LogP contribution in [0.15, 0.2) is 24.3 Å². The van der Waals surface area contributed by atoms with E-state index < -0.39 is 0 Å². The number of halogens is 1. The SMILES string of the molecule is CC(C)[C@@H](NC(=S)NC1CCCCC1)c1ccc(F)cc1. The first-order valence-corrected chi connectivity index (χ1v) is 8.29. The van der Waals surface area contributed by atoms with Crippen LogP contribution in [0.3, 0.4) is 0 Å². The van der Waals surface area contributed by atoms with Crippen LogP contribution in [0, 0.1) is 11.7 Å². The van der Waals surface area contributed by atoms with E-state index in [4.69, 9.17) is 12.2 Å². The Morgan fingerprint density at radius 1 is 1.14 bits per heavy atom. The highest BCUT2D eigenvalue weighted by Crippen LogP contribution is 2.22. The molecule has 0 spiro atoms. The van der Waals surface area contributed by atoms with Crippen LogP contribution in [0.1, 0.15) is 57.6 Å². The second kappa shape index (κ2) is 7.74. The van der Waals surface area contributed by atoms with Crippen molar-refractivity contribution in [1.29, 1.82) is 0 Å². The van der Waals surface area contributed by atoms with E-state index in [2.05, 4.69) is 24.5 Å². The molecule has 0 bridgehead atoms. The molecule has 21 heavy (non-hydrogen) atoms. The molecule has 0 heterocycles. The van der Waals surface area contributed by atoms with Crippen molar-refractivity contribution in [3.63, 3.8) is 0 Å². The van der Waals surface area contributed by atoms with Gasteiger partial charge in [-0.05, 0) is 48.7 Å². The zero-order chi connectivity index (χ0) is 15.2. The molecule has 1 atom stereocenters. The number of rotatable bonds is 4. The van der Waals surface area contributed by atoms with Crippen molar-refractivity contribution in [2.75, 3.05) is 0 Å². The summed E-state index contributed by atoms with van der Waals surface area (Å²) in [4.78, 5) is 0. The van der Waals surface area contributed by atoms with Crippen molar-refractivity contribution in [3.05, 3.63) is 35.6 Å². The highest BCUT2D eigenvalue weighted by molar-refractivity contribution is 7.80. The fraction of sp³-hybridized carbons (Fsp3) is 0.588. The summed E-state index contributed by atoms with van der Waals surface area (Å²) >= 11 is 5.46. The van der Waals surface area contributed by atoms with Crippen LogP contribution in [0.4, 0.5) is 4.39 Å². The van der Waals surface area contributed by atoms with Gasteiger partial charge in [0.15, 0.2) is 5.11 Å². The van der Waals surface area contributed by atoms with E-state index in [-0.39, 0.29) is 11.9 Å². The van der Waals surface area contributed by atoms with Gasteiger partial charge in [0.25, 0.3) is 0 Å². The summed E-state index contributed by atoms with van der Waals surface area (Å²) in [6.07, 6.45) is 6.30. The molecule has 2 rings (SSSR count). The highest BCUT2D eigenvalue weighted by Gasteiger charge is 2.19. The maximum Gasteiger partial charge on any atom is 0.167 e. The average Bonchev–Trinajstić information content (AvgIpc) is 2.47. The molecule has 0 aliphatic heterocycles. The normalized spacial score (nSPS) is 17.5. The minimum absolute atomic E-state index is 0.106. The van der Waals surface area contributed by atoms with Crippen LogP contribution in [-0.4, -0.2) is 11.2 Å². The number of thiocarbonyl (C=S) groups is 1. The van der Waals surface area contributed by atoms with Gasteiger partial charge in [-0.1, -0.05) is 45.2 Å². The summed E-state index contributed by atoms with van der Waals surface area (Å²) in [6.45, 7) is 4.29. The van der Waals surface area contributed by atoms with Crippen LogP contribution >= 0.6 is 12.2 Å². The molecule has 1 aromatic carbocycles. The third-order valence-corrected chi connectivity index (χ3v) is 4.36. The highest BCUT2D eigenvalue weighted by atomic mass is 32.1. The van der Waals surface area contributed by atoms with E-state index in [9.17, 15) is 4.39 Å². The van der Waals surface area contributed by atoms with Crippen LogP contribution in [0.25, 0.3) is 0 Å². The Morgan fingerprint density at radius 2 is 1.76 bits per heavy atom. The maximum absolute atomic E-state index is 13.1. The van der Waals surface area contributed by atoms with Crippen LogP contribution in [0.2, 0.25) is 0 Å². The lowest BCUT2D eigenvalue weighted by Gasteiger charge is -2.28. The van der Waals surface area contributed by atoms with Crippen molar-refractivity contribution in [2.45, 2.75) is 58.0 Å². The zero-order valence-electron chi connectivity index (χ0n) is 12.9. The van der Waals surface area contributed by atoms with Crippen molar-refractivity contribution in [2.24, 2.45) is 5.92 Å². The average molecular weight is 308 g/mol. The second-order valence-corrected chi connectivity index (χ2v) is 6.63. The Hall–Kier alpha value is -1.16. The summed E-state index contributed by atoms with van der Waals surface area (Å²) in [6, 6.07) is 7.27. The summed E-state index contributed by atoms with van der Waals surface area (Å²) in [5.41, 5.74) is 1.07. The van der Waals surface area contributed by atoms with Crippen molar-refractivity contribution < 1.29 is 4.39 Å². The van der Waals surface area contributed by atoms with Crippen molar-refractivity contribution >= 4 is 17.3 Å². The number of benzene rings is 1. The van der Waals surface area contributed by atoms with E-state index in [0.29, 0.717) is 17.1 Å². The molecule has 0 unspecified atom stereocenters. The molecule has 0 aromatic heterocycles. The van der Waals surface area contributed by atoms with E-state index in [1.165, 1.54) is 44.2 Å². The molecule has 1 fully saturated rings. The molecule has 116 valence electrons. The predicted molar refractivity (Wildman–Crippen MR) is 89.7 cm³/mol. The fourth-order valence-corrected chi connectivity index (χ4v) is 3.21. The monoisotopic (exact) mass is 308 g/mol. The molecule has 0 amide bonds. The molecule has 2 N–H and O–H groups in total. The zero-order valence-corrected chi connectivity index (χ0v) is 13.7. The molecular weight excluding hydrogens is 283 g/mol. The van der Waals surface area contributed by atoms with Gasteiger partial charge in [-0.3, -0.25) is 0 Å². The van der Waals surface area contributed by atoms with Crippen LogP contribution in [0.5, 0.6) is 0 Å². The third kappa shape index (κ3) is 4.95. The first kappa shape index (κ1) is 16.2. The van der Waals surface area contributed by atoms with Gasteiger partial charge in [0.2, 0.25) is 0 Å². The maximum atomic E-state index is 13.1. The van der Waals surface area contributed by atoms with Crippen molar-refractivity contribution in [1.82, 2.24) is 10.6 Å². The Balaban J connectivity index is 1.95. The Morgan fingerprint density at radius 3 is 2.33 bits per heavy atom. The van der Waals surface area contributed by atoms with Crippen molar-refractivity contribution in [3.8, 4) is 0 Å². The van der Waals surface area contributed by atoms with Gasteiger partial charge in [0.1, 0.15) is 5.82 Å². The second-order valence-electron chi connectivity index (χ2n) is 6.23. The van der Waals surface area contributed by atoms with E-state index in [1.807, 2.05) is 12.1 Å². The lowest BCUT2D eigenvalue weighted by molar-refractivity contribution is 0.404. The topological polar surface area (TPSA) is 24.1 Å². The van der Waals surface area contributed by atoms with Gasteiger partial charge in [-0.25, -0.2) is 4.39 Å². The molecule has 1 saturated carbocycles. The molecule has 2 nitrogen and oxygen atoms in total. The largest absolute Gasteiger partial charge is 0.360 e. The molecule has 0 radical (unpaired) electrons. The van der Waals surface area contributed by atoms with Gasteiger partial charge in [0, 0.05) is 6.04 Å². The van der Waals surface area contributed by atoms with Gasteiger partial charge < -0.3 is 10.6 Å². The Kier molecular flexibility index (Phi) is 5.97. The third-order valence-electron chi connectivity index (χ3n) is 4.12. The summed E-state index contributed by atoms with van der Waals surface area (Å²) < 4.78 is 13.1. The molecular formula is C17H25FN2S. The summed E-state index contributed by atoms with van der Waals surface area (Å²) in [7, 11) is 0. The van der Waals surface area contributed by atoms with Crippen LogP contribution in [-0.2, 0) is 0 Å². The lowest BCUT2D eigenvalue weighted by Crippen LogP contribution is -2.45. The van der Waals surface area contributed by atoms with E-state index >= 15 is 0 Å². The lowest BCUT2D eigenvalue weighted by atomic mass is 9.95. The first-order chi connectivity index (χ1) is 10.1. The Bertz CT molecular complexity index is 452. The van der Waals surface area contributed by atoms with Gasteiger partial charge in [-0.15, -0.1) is 0 Å². The van der Waals surface area contributed by atoms with Gasteiger partial charge in [0.05, 0.1) is 6.04 Å². The molecule has 1 aliphatic rings. The number of hydrogen-bond acceptors (Lipinski definition) is 1. The van der Waals surface area contributed by atoms with E-state index in [1.54, 1.807) is 0 Å². The number of nitrogens with one attached hydrogen (secondary N) is 2. The smallest absolute Gasteiger partial charge is 0.167 e. The molecule has 4 heteroatoms.